The van der Waals surface area contributed by atoms with Crippen LogP contribution in [0, 0.1) is 0 Å². The zero-order chi connectivity index (χ0) is 8.01. The molecule has 3 heteroatoms. The van der Waals surface area contributed by atoms with Gasteiger partial charge >= 0.3 is 0 Å². The maximum absolute atomic E-state index is 4.21. The molecule has 0 radical (unpaired) electrons. The van der Waals surface area contributed by atoms with Crippen LogP contribution in [0.25, 0.3) is 0 Å². The third kappa shape index (κ3) is 0.807. The summed E-state index contributed by atoms with van der Waals surface area (Å²) in [4.78, 5) is 2.33. The Labute approximate surface area is 66.6 Å². The van der Waals surface area contributed by atoms with Gasteiger partial charge in [0.25, 0.3) is 0 Å². The van der Waals surface area contributed by atoms with Crippen LogP contribution in [0.1, 0.15) is 24.2 Å². The lowest BCUT2D eigenvalue weighted by Crippen LogP contribution is -2.14. The fourth-order valence-electron chi connectivity index (χ4n) is 1.63. The van der Waals surface area contributed by atoms with Crippen molar-refractivity contribution in [3.8, 4) is 0 Å². The van der Waals surface area contributed by atoms with Crippen LogP contribution < -0.4 is 0 Å². The second-order valence-electron chi connectivity index (χ2n) is 3.26. The summed E-state index contributed by atoms with van der Waals surface area (Å²) in [5, 5.41) is 4.21. The smallest absolute Gasteiger partial charge is 0.0568 e. The number of rotatable bonds is 0. The lowest BCUT2D eigenvalue weighted by atomic mass is 10.2. The Hall–Kier alpha value is -0.830. The highest BCUT2D eigenvalue weighted by molar-refractivity contribution is 5.25. The van der Waals surface area contributed by atoms with Gasteiger partial charge in [-0.15, -0.1) is 0 Å². The standard InChI is InChI=1S/C8H13N3/c1-6-7-4-9-11(3)8(7)5-10(6)2/h4,6H,5H2,1-3H3. The number of hydrogen-bond acceptors (Lipinski definition) is 2. The minimum absolute atomic E-state index is 0.540. The third-order valence-corrected chi connectivity index (χ3v) is 2.60. The summed E-state index contributed by atoms with van der Waals surface area (Å²) >= 11 is 0. The van der Waals surface area contributed by atoms with Crippen molar-refractivity contribution in [3.05, 3.63) is 17.5 Å². The summed E-state index contributed by atoms with van der Waals surface area (Å²) in [6.07, 6.45) is 1.98. The molecule has 0 saturated carbocycles. The zero-order valence-electron chi connectivity index (χ0n) is 7.20. The van der Waals surface area contributed by atoms with Crippen molar-refractivity contribution in [2.24, 2.45) is 7.05 Å². The molecule has 2 heterocycles. The van der Waals surface area contributed by atoms with Gasteiger partial charge in [-0.1, -0.05) is 0 Å². The van der Waals surface area contributed by atoms with Gasteiger partial charge in [0.15, 0.2) is 0 Å². The molecule has 11 heavy (non-hydrogen) atoms. The van der Waals surface area contributed by atoms with Gasteiger partial charge in [-0.3, -0.25) is 9.58 Å². The summed E-state index contributed by atoms with van der Waals surface area (Å²) in [5.74, 6) is 0. The minimum atomic E-state index is 0.540. The average Bonchev–Trinajstić information content (AvgIpc) is 2.43. The van der Waals surface area contributed by atoms with E-state index in [2.05, 4.69) is 24.0 Å². The summed E-state index contributed by atoms with van der Waals surface area (Å²) < 4.78 is 1.97. The van der Waals surface area contributed by atoms with E-state index in [1.54, 1.807) is 0 Å². The van der Waals surface area contributed by atoms with Gasteiger partial charge in [-0.2, -0.15) is 5.10 Å². The maximum atomic E-state index is 4.21. The molecule has 0 amide bonds. The van der Waals surface area contributed by atoms with Gasteiger partial charge in [-0.25, -0.2) is 0 Å². The first-order valence-corrected chi connectivity index (χ1v) is 3.91. The van der Waals surface area contributed by atoms with E-state index in [9.17, 15) is 0 Å². The highest BCUT2D eigenvalue weighted by atomic mass is 15.3. The van der Waals surface area contributed by atoms with Crippen LogP contribution in [-0.2, 0) is 13.6 Å². The van der Waals surface area contributed by atoms with Crippen molar-refractivity contribution < 1.29 is 0 Å². The second kappa shape index (κ2) is 2.08. The van der Waals surface area contributed by atoms with E-state index in [1.807, 2.05) is 17.9 Å². The average molecular weight is 151 g/mol. The monoisotopic (exact) mass is 151 g/mol. The fraction of sp³-hybridized carbons (Fsp3) is 0.625. The van der Waals surface area contributed by atoms with E-state index in [1.165, 1.54) is 11.3 Å². The molecule has 1 aliphatic heterocycles. The first kappa shape index (κ1) is 6.85. The molecule has 0 aliphatic carbocycles. The zero-order valence-corrected chi connectivity index (χ0v) is 7.20. The molecule has 3 nitrogen and oxygen atoms in total. The number of fused-ring (bicyclic) bond motifs is 1. The van der Waals surface area contributed by atoms with Crippen molar-refractivity contribution in [1.82, 2.24) is 14.7 Å². The molecular weight excluding hydrogens is 138 g/mol. The molecule has 0 spiro atoms. The summed E-state index contributed by atoms with van der Waals surface area (Å²) in [6.45, 7) is 3.25. The van der Waals surface area contributed by atoms with Crippen LogP contribution in [0.5, 0.6) is 0 Å². The van der Waals surface area contributed by atoms with Crippen LogP contribution in [0.15, 0.2) is 6.20 Å². The van der Waals surface area contributed by atoms with Gasteiger partial charge < -0.3 is 0 Å². The van der Waals surface area contributed by atoms with Crippen molar-refractivity contribution in [1.29, 1.82) is 0 Å². The molecule has 60 valence electrons. The SMILES string of the molecule is CC1c2cnn(C)c2CN1C. The summed E-state index contributed by atoms with van der Waals surface area (Å²) in [6, 6.07) is 0.540. The Kier molecular flexibility index (Phi) is 1.29. The Morgan fingerprint density at radius 1 is 1.55 bits per heavy atom. The Morgan fingerprint density at radius 2 is 2.27 bits per heavy atom. The van der Waals surface area contributed by atoms with Crippen LogP contribution >= 0.6 is 0 Å². The number of nitrogens with zero attached hydrogens (tertiary/aromatic N) is 3. The van der Waals surface area contributed by atoms with Crippen LogP contribution in [-0.4, -0.2) is 21.7 Å². The lowest BCUT2D eigenvalue weighted by molar-refractivity contribution is 0.280. The largest absolute Gasteiger partial charge is 0.294 e. The lowest BCUT2D eigenvalue weighted by Gasteiger charge is -2.13. The van der Waals surface area contributed by atoms with Crippen molar-refractivity contribution in [2.75, 3.05) is 7.05 Å². The first-order chi connectivity index (χ1) is 5.20. The van der Waals surface area contributed by atoms with Crippen LogP contribution in [0.3, 0.4) is 0 Å². The predicted molar refractivity (Wildman–Crippen MR) is 43.1 cm³/mol. The highest BCUT2D eigenvalue weighted by Crippen LogP contribution is 2.30. The third-order valence-electron chi connectivity index (χ3n) is 2.60. The van der Waals surface area contributed by atoms with Gasteiger partial charge in [0.1, 0.15) is 0 Å². The molecule has 0 aromatic carbocycles. The molecule has 1 unspecified atom stereocenters. The van der Waals surface area contributed by atoms with Gasteiger partial charge in [0, 0.05) is 25.2 Å². The van der Waals surface area contributed by atoms with E-state index in [4.69, 9.17) is 0 Å². The second-order valence-corrected chi connectivity index (χ2v) is 3.26. The highest BCUT2D eigenvalue weighted by Gasteiger charge is 2.26. The van der Waals surface area contributed by atoms with E-state index in [0.29, 0.717) is 6.04 Å². The maximum Gasteiger partial charge on any atom is 0.0568 e. The molecule has 2 rings (SSSR count). The number of aromatic nitrogens is 2. The van der Waals surface area contributed by atoms with Crippen LogP contribution in [0.4, 0.5) is 0 Å². The van der Waals surface area contributed by atoms with E-state index in [-0.39, 0.29) is 0 Å². The van der Waals surface area contributed by atoms with Crippen molar-refractivity contribution in [2.45, 2.75) is 19.5 Å². The Bertz CT molecular complexity index is 277. The molecule has 1 atom stereocenters. The van der Waals surface area contributed by atoms with Crippen molar-refractivity contribution in [3.63, 3.8) is 0 Å². The summed E-state index contributed by atoms with van der Waals surface area (Å²) in [5.41, 5.74) is 2.75. The van der Waals surface area contributed by atoms with E-state index >= 15 is 0 Å². The molecule has 0 saturated heterocycles. The van der Waals surface area contributed by atoms with E-state index < -0.39 is 0 Å². The minimum Gasteiger partial charge on any atom is -0.294 e. The van der Waals surface area contributed by atoms with Crippen molar-refractivity contribution >= 4 is 0 Å². The van der Waals surface area contributed by atoms with Crippen LogP contribution in [0.2, 0.25) is 0 Å². The fourth-order valence-corrected chi connectivity index (χ4v) is 1.63. The quantitative estimate of drug-likeness (QED) is 0.550. The predicted octanol–water partition coefficient (Wildman–Crippen LogP) is 0.926. The molecule has 0 fully saturated rings. The molecular formula is C8H13N3. The molecule has 0 bridgehead atoms. The van der Waals surface area contributed by atoms with Gasteiger partial charge in [0.2, 0.25) is 0 Å². The number of hydrogen-bond donors (Lipinski definition) is 0. The topological polar surface area (TPSA) is 21.1 Å². The number of aryl methyl sites for hydroxylation is 1. The molecule has 1 aliphatic rings. The Morgan fingerprint density at radius 3 is 2.91 bits per heavy atom. The first-order valence-electron chi connectivity index (χ1n) is 3.91. The molecule has 0 N–H and O–H groups in total. The normalized spacial score (nSPS) is 24.1. The van der Waals surface area contributed by atoms with Gasteiger partial charge in [0.05, 0.1) is 11.9 Å². The van der Waals surface area contributed by atoms with Gasteiger partial charge in [-0.05, 0) is 14.0 Å². The molecule has 1 aromatic rings. The van der Waals surface area contributed by atoms with E-state index in [0.717, 1.165) is 6.54 Å². The summed E-state index contributed by atoms with van der Waals surface area (Å²) in [7, 11) is 4.15. The molecule has 1 aromatic heterocycles. The Balaban J connectivity index is 2.47.